The zero-order valence-corrected chi connectivity index (χ0v) is 19.0. The van der Waals surface area contributed by atoms with Gasteiger partial charge in [0.1, 0.15) is 0 Å². The zero-order chi connectivity index (χ0) is 22.5. The summed E-state index contributed by atoms with van der Waals surface area (Å²) in [5.41, 5.74) is 2.07. The lowest BCUT2D eigenvalue weighted by atomic mass is 9.95. The van der Waals surface area contributed by atoms with Crippen LogP contribution in [0, 0.1) is 5.92 Å². The minimum atomic E-state index is -3.31. The molecule has 32 heavy (non-hydrogen) atoms. The molecule has 3 aliphatic carbocycles. The number of amides is 1. The molecule has 1 aromatic heterocycles. The fourth-order valence-electron chi connectivity index (χ4n) is 4.59. The van der Waals surface area contributed by atoms with Crippen molar-refractivity contribution in [3.63, 3.8) is 0 Å². The first kappa shape index (κ1) is 21.4. The molecular weight excluding hydrogens is 426 g/mol. The van der Waals surface area contributed by atoms with Crippen molar-refractivity contribution in [1.29, 1.82) is 0 Å². The van der Waals surface area contributed by atoms with Crippen molar-refractivity contribution in [3.8, 4) is 0 Å². The van der Waals surface area contributed by atoms with E-state index in [-0.39, 0.29) is 29.1 Å². The zero-order valence-electron chi connectivity index (χ0n) is 18.2. The molecule has 3 fully saturated rings. The lowest BCUT2D eigenvalue weighted by Gasteiger charge is -2.15. The quantitative estimate of drug-likeness (QED) is 0.623. The average molecular weight is 456 g/mol. The van der Waals surface area contributed by atoms with Gasteiger partial charge < -0.3 is 10.4 Å². The standard InChI is InChI=1S/C24H29N3O4S/c1-27-11-10-23(26-27)25-24(29)21(13-15-2-6-18(28)12-15)17-5-9-22(20(14-17)16-3-4-16)32(30,31)19-7-8-19/h5,9-11,13-16,18-19,28H,2-4,6-8,12H2,1H3,(H,25,26,29)/b21-13+/t15-,18-/m0/s1. The summed E-state index contributed by atoms with van der Waals surface area (Å²) in [4.78, 5) is 13.7. The van der Waals surface area contributed by atoms with Crippen LogP contribution in [0.1, 0.15) is 62.0 Å². The SMILES string of the molecule is Cn1ccc(NC(=O)/C(=C/[C@H]2CC[C@H](O)C2)c2ccc(S(=O)(=O)C3CC3)c(C3CC3)c2)n1. The highest BCUT2D eigenvalue weighted by molar-refractivity contribution is 7.92. The van der Waals surface area contributed by atoms with Crippen LogP contribution in [0.3, 0.4) is 0 Å². The van der Waals surface area contributed by atoms with Crippen LogP contribution in [0.4, 0.5) is 5.82 Å². The van der Waals surface area contributed by atoms with Gasteiger partial charge in [0.25, 0.3) is 5.91 Å². The number of hydrogen-bond acceptors (Lipinski definition) is 5. The predicted molar refractivity (Wildman–Crippen MR) is 122 cm³/mol. The highest BCUT2D eigenvalue weighted by atomic mass is 32.2. The fraction of sp³-hybridized carbons (Fsp3) is 0.500. The third-order valence-corrected chi connectivity index (χ3v) is 8.99. The number of nitrogens with one attached hydrogen (secondary N) is 1. The summed E-state index contributed by atoms with van der Waals surface area (Å²) in [6.45, 7) is 0. The normalized spacial score (nSPS) is 24.0. The Labute approximate surface area is 188 Å². The fourth-order valence-corrected chi connectivity index (χ4v) is 6.52. The van der Waals surface area contributed by atoms with E-state index in [0.29, 0.717) is 22.7 Å². The van der Waals surface area contributed by atoms with Gasteiger partial charge >= 0.3 is 0 Å². The molecule has 0 spiro atoms. The third-order valence-electron chi connectivity index (χ3n) is 6.66. The minimum absolute atomic E-state index is 0.105. The molecule has 0 radical (unpaired) electrons. The molecule has 0 saturated heterocycles. The maximum absolute atomic E-state index is 13.3. The summed E-state index contributed by atoms with van der Waals surface area (Å²) < 4.78 is 27.6. The average Bonchev–Trinajstić information content (AvgIpc) is 3.68. The Hall–Kier alpha value is -2.45. The highest BCUT2D eigenvalue weighted by Crippen LogP contribution is 2.46. The van der Waals surface area contributed by atoms with Gasteiger partial charge in [0.15, 0.2) is 15.7 Å². The van der Waals surface area contributed by atoms with Crippen LogP contribution in [0.2, 0.25) is 0 Å². The Morgan fingerprint density at radius 3 is 2.53 bits per heavy atom. The number of sulfone groups is 1. The number of aliphatic hydroxyl groups is 1. The first-order valence-electron chi connectivity index (χ1n) is 11.4. The van der Waals surface area contributed by atoms with E-state index in [9.17, 15) is 18.3 Å². The molecule has 170 valence electrons. The van der Waals surface area contributed by atoms with E-state index in [1.54, 1.807) is 36.1 Å². The van der Waals surface area contributed by atoms with Crippen molar-refractivity contribution < 1.29 is 18.3 Å². The Bertz CT molecular complexity index is 1180. The Morgan fingerprint density at radius 1 is 1.16 bits per heavy atom. The first-order valence-corrected chi connectivity index (χ1v) is 12.9. The number of carbonyl (C=O) groups excluding carboxylic acids is 1. The number of benzene rings is 1. The molecule has 5 rings (SSSR count). The van der Waals surface area contributed by atoms with E-state index in [0.717, 1.165) is 49.7 Å². The number of nitrogens with zero attached hydrogens (tertiary/aromatic N) is 2. The van der Waals surface area contributed by atoms with E-state index in [2.05, 4.69) is 10.4 Å². The lowest BCUT2D eigenvalue weighted by molar-refractivity contribution is -0.111. The van der Waals surface area contributed by atoms with Crippen LogP contribution in [0.15, 0.2) is 41.4 Å². The molecule has 7 nitrogen and oxygen atoms in total. The van der Waals surface area contributed by atoms with Gasteiger partial charge in [-0.3, -0.25) is 9.48 Å². The van der Waals surface area contributed by atoms with Crippen molar-refractivity contribution in [2.45, 2.75) is 67.1 Å². The maximum atomic E-state index is 13.3. The predicted octanol–water partition coefficient (Wildman–Crippen LogP) is 3.42. The number of rotatable bonds is 7. The summed E-state index contributed by atoms with van der Waals surface area (Å²) in [6.07, 6.45) is 8.95. The molecule has 8 heteroatoms. The monoisotopic (exact) mass is 455 g/mol. The molecule has 2 N–H and O–H groups in total. The van der Waals surface area contributed by atoms with Crippen LogP contribution < -0.4 is 5.32 Å². The third kappa shape index (κ3) is 4.38. The van der Waals surface area contributed by atoms with Crippen molar-refractivity contribution in [3.05, 3.63) is 47.7 Å². The lowest BCUT2D eigenvalue weighted by Crippen LogP contribution is -2.16. The van der Waals surface area contributed by atoms with Crippen molar-refractivity contribution in [1.82, 2.24) is 9.78 Å². The highest BCUT2D eigenvalue weighted by Gasteiger charge is 2.40. The van der Waals surface area contributed by atoms with Gasteiger partial charge in [0.05, 0.1) is 16.2 Å². The van der Waals surface area contributed by atoms with Gasteiger partial charge in [-0.05, 0) is 80.0 Å². The number of aliphatic hydroxyl groups excluding tert-OH is 1. The summed E-state index contributed by atoms with van der Waals surface area (Å²) >= 11 is 0. The Morgan fingerprint density at radius 2 is 1.94 bits per heavy atom. The smallest absolute Gasteiger partial charge is 0.257 e. The van der Waals surface area contributed by atoms with E-state index in [1.807, 2.05) is 12.1 Å². The summed E-state index contributed by atoms with van der Waals surface area (Å²) in [5, 5.41) is 16.8. The van der Waals surface area contributed by atoms with Gasteiger partial charge in [-0.15, -0.1) is 0 Å². The topological polar surface area (TPSA) is 101 Å². The number of aromatic nitrogens is 2. The van der Waals surface area contributed by atoms with Crippen LogP contribution >= 0.6 is 0 Å². The molecule has 1 aromatic carbocycles. The molecule has 2 atom stereocenters. The molecule has 2 aromatic rings. The molecule has 0 aliphatic heterocycles. The molecule has 1 amide bonds. The second-order valence-electron chi connectivity index (χ2n) is 9.41. The second kappa shape index (κ2) is 8.15. The van der Waals surface area contributed by atoms with Crippen LogP contribution in [0.25, 0.3) is 5.57 Å². The number of aryl methyl sites for hydroxylation is 1. The van der Waals surface area contributed by atoms with Crippen LogP contribution in [-0.2, 0) is 21.7 Å². The van der Waals surface area contributed by atoms with Gasteiger partial charge in [-0.2, -0.15) is 5.10 Å². The minimum Gasteiger partial charge on any atom is -0.393 e. The maximum Gasteiger partial charge on any atom is 0.257 e. The summed E-state index contributed by atoms with van der Waals surface area (Å²) in [6, 6.07) is 7.09. The first-order chi connectivity index (χ1) is 15.3. The van der Waals surface area contributed by atoms with E-state index >= 15 is 0 Å². The second-order valence-corrected chi connectivity index (χ2v) is 11.6. The van der Waals surface area contributed by atoms with Crippen LogP contribution in [0.5, 0.6) is 0 Å². The van der Waals surface area contributed by atoms with E-state index in [1.165, 1.54) is 0 Å². The van der Waals surface area contributed by atoms with Crippen molar-refractivity contribution in [2.24, 2.45) is 13.0 Å². The molecular formula is C24H29N3O4S. The summed E-state index contributed by atoms with van der Waals surface area (Å²) in [5.74, 6) is 0.537. The molecule has 1 heterocycles. The van der Waals surface area contributed by atoms with Crippen molar-refractivity contribution in [2.75, 3.05) is 5.32 Å². The Kier molecular flexibility index (Phi) is 5.45. The number of carbonyl (C=O) groups is 1. The summed E-state index contributed by atoms with van der Waals surface area (Å²) in [7, 11) is -1.52. The van der Waals surface area contributed by atoms with Gasteiger partial charge in [-0.1, -0.05) is 12.1 Å². The van der Waals surface area contributed by atoms with E-state index in [4.69, 9.17) is 0 Å². The molecule has 0 unspecified atom stereocenters. The van der Waals surface area contributed by atoms with Gasteiger partial charge in [-0.25, -0.2) is 8.42 Å². The van der Waals surface area contributed by atoms with Crippen molar-refractivity contribution >= 4 is 27.1 Å². The molecule has 3 saturated carbocycles. The van der Waals surface area contributed by atoms with Gasteiger partial charge in [0.2, 0.25) is 0 Å². The largest absolute Gasteiger partial charge is 0.393 e. The van der Waals surface area contributed by atoms with E-state index < -0.39 is 9.84 Å². The van der Waals surface area contributed by atoms with Crippen LogP contribution in [-0.4, -0.2) is 40.6 Å². The number of hydrogen-bond donors (Lipinski definition) is 2. The van der Waals surface area contributed by atoms with Gasteiger partial charge in [0, 0.05) is 24.9 Å². The number of allylic oxidation sites excluding steroid dienone is 1. The number of anilines is 1. The Balaban J connectivity index is 1.52. The molecule has 0 bridgehead atoms. The molecule has 3 aliphatic rings.